The van der Waals surface area contributed by atoms with Gasteiger partial charge < -0.3 is 10.1 Å². The molecule has 1 N–H and O–H groups in total. The van der Waals surface area contributed by atoms with Gasteiger partial charge in [0.25, 0.3) is 5.91 Å². The van der Waals surface area contributed by atoms with Crippen LogP contribution in [0.2, 0.25) is 0 Å². The van der Waals surface area contributed by atoms with Crippen molar-refractivity contribution in [1.82, 2.24) is 5.32 Å². The highest BCUT2D eigenvalue weighted by molar-refractivity contribution is 5.83. The Hall–Kier alpha value is -3.03. The predicted molar refractivity (Wildman–Crippen MR) is 84.0 cm³/mol. The zero-order chi connectivity index (χ0) is 18.0. The lowest BCUT2D eigenvalue weighted by Crippen LogP contribution is -2.34. The Kier molecular flexibility index (Phi) is 4.60. The van der Waals surface area contributed by atoms with Crippen LogP contribution in [0.25, 0.3) is 0 Å². The van der Waals surface area contributed by atoms with Crippen LogP contribution in [0.1, 0.15) is 24.5 Å². The third-order valence-electron chi connectivity index (χ3n) is 3.70. The number of carbonyl (C=O) groups is 1. The molecule has 0 radical (unpaired) electrons. The zero-order valence-electron chi connectivity index (χ0n) is 12.9. The summed E-state index contributed by atoms with van der Waals surface area (Å²) in [5.74, 6) is -2.12. The van der Waals surface area contributed by atoms with Crippen molar-refractivity contribution >= 4 is 11.6 Å². The predicted octanol–water partition coefficient (Wildman–Crippen LogP) is 3.27. The molecule has 1 amide bonds. The van der Waals surface area contributed by atoms with E-state index in [4.69, 9.17) is 4.74 Å². The SMILES string of the molecule is O=C(NC1CC1)[C@H](Oc1cc(F)ccc1[N+](=O)[O-])c1ccc(F)cc1. The number of benzene rings is 2. The van der Waals surface area contributed by atoms with Crippen molar-refractivity contribution in [1.29, 1.82) is 0 Å². The summed E-state index contributed by atoms with van der Waals surface area (Å²) in [6, 6.07) is 7.76. The number of carbonyl (C=O) groups excluding carboxylic acids is 1. The molecule has 2 aromatic rings. The number of nitro groups is 1. The first kappa shape index (κ1) is 16.8. The Morgan fingerprint density at radius 1 is 1.16 bits per heavy atom. The van der Waals surface area contributed by atoms with Gasteiger partial charge in [-0.15, -0.1) is 0 Å². The van der Waals surface area contributed by atoms with Crippen molar-refractivity contribution in [3.63, 3.8) is 0 Å². The lowest BCUT2D eigenvalue weighted by molar-refractivity contribution is -0.386. The monoisotopic (exact) mass is 348 g/mol. The van der Waals surface area contributed by atoms with Gasteiger partial charge in [0.05, 0.1) is 4.92 Å². The molecule has 0 saturated heterocycles. The largest absolute Gasteiger partial charge is 0.468 e. The summed E-state index contributed by atoms with van der Waals surface area (Å²) in [5, 5.41) is 13.8. The van der Waals surface area contributed by atoms with Crippen molar-refractivity contribution in [3.05, 3.63) is 69.8 Å². The maximum absolute atomic E-state index is 13.5. The molecule has 0 unspecified atom stereocenters. The number of rotatable bonds is 6. The standard InChI is InChI=1S/C17H14F2N2O4/c18-11-3-1-10(2-4-11)16(17(22)20-13-6-7-13)25-15-9-12(19)5-8-14(15)21(23)24/h1-5,8-9,13,16H,6-7H2,(H,20,22)/t16-/m1/s1. The van der Waals surface area contributed by atoms with Gasteiger partial charge in [-0.3, -0.25) is 14.9 Å². The number of nitrogens with one attached hydrogen (secondary N) is 1. The molecule has 3 rings (SSSR count). The number of halogens is 2. The quantitative estimate of drug-likeness (QED) is 0.642. The van der Waals surface area contributed by atoms with E-state index in [9.17, 15) is 23.7 Å². The van der Waals surface area contributed by atoms with E-state index in [0.29, 0.717) is 5.56 Å². The summed E-state index contributed by atoms with van der Waals surface area (Å²) in [5.41, 5.74) is -0.161. The van der Waals surface area contributed by atoms with Crippen LogP contribution >= 0.6 is 0 Å². The molecule has 1 aliphatic rings. The van der Waals surface area contributed by atoms with Crippen molar-refractivity contribution < 1.29 is 23.2 Å². The van der Waals surface area contributed by atoms with Crippen LogP contribution < -0.4 is 10.1 Å². The van der Waals surface area contributed by atoms with Gasteiger partial charge >= 0.3 is 5.69 Å². The van der Waals surface area contributed by atoms with Crippen LogP contribution in [0.4, 0.5) is 14.5 Å². The minimum absolute atomic E-state index is 0.0292. The van der Waals surface area contributed by atoms with Gasteiger partial charge in [0.2, 0.25) is 11.9 Å². The van der Waals surface area contributed by atoms with E-state index in [1.54, 1.807) is 0 Å². The minimum Gasteiger partial charge on any atom is -0.468 e. The number of hydrogen-bond acceptors (Lipinski definition) is 4. The van der Waals surface area contributed by atoms with Crippen molar-refractivity contribution in [2.45, 2.75) is 25.0 Å². The van der Waals surface area contributed by atoms with Gasteiger partial charge in [-0.05, 0) is 31.0 Å². The average Bonchev–Trinajstić information content (AvgIpc) is 3.37. The zero-order valence-corrected chi connectivity index (χ0v) is 12.9. The highest BCUT2D eigenvalue weighted by Gasteiger charge is 2.31. The van der Waals surface area contributed by atoms with Gasteiger partial charge in [-0.1, -0.05) is 12.1 Å². The first-order chi connectivity index (χ1) is 11.9. The summed E-state index contributed by atoms with van der Waals surface area (Å²) < 4.78 is 32.1. The maximum Gasteiger partial charge on any atom is 0.311 e. The van der Waals surface area contributed by atoms with E-state index in [0.717, 1.165) is 43.2 Å². The number of hydrogen-bond donors (Lipinski definition) is 1. The minimum atomic E-state index is -1.26. The van der Waals surface area contributed by atoms with Crippen molar-refractivity contribution in [3.8, 4) is 5.75 Å². The molecule has 130 valence electrons. The first-order valence-corrected chi connectivity index (χ1v) is 7.60. The van der Waals surface area contributed by atoms with E-state index in [1.807, 2.05) is 0 Å². The molecule has 0 heterocycles. The van der Waals surface area contributed by atoms with Gasteiger partial charge in [-0.25, -0.2) is 8.78 Å². The molecule has 0 spiro atoms. The highest BCUT2D eigenvalue weighted by Crippen LogP contribution is 2.32. The second-order valence-corrected chi connectivity index (χ2v) is 5.70. The topological polar surface area (TPSA) is 81.5 Å². The van der Waals surface area contributed by atoms with Gasteiger partial charge in [-0.2, -0.15) is 0 Å². The van der Waals surface area contributed by atoms with Crippen molar-refractivity contribution in [2.24, 2.45) is 0 Å². The normalized spacial score (nSPS) is 14.6. The van der Waals surface area contributed by atoms with Crippen molar-refractivity contribution in [2.75, 3.05) is 0 Å². The number of ether oxygens (including phenoxy) is 1. The Morgan fingerprint density at radius 2 is 1.80 bits per heavy atom. The van der Waals surface area contributed by atoms with Gasteiger partial charge in [0, 0.05) is 23.7 Å². The lowest BCUT2D eigenvalue weighted by atomic mass is 10.1. The number of nitrogens with zero attached hydrogens (tertiary/aromatic N) is 1. The smallest absolute Gasteiger partial charge is 0.311 e. The molecule has 25 heavy (non-hydrogen) atoms. The average molecular weight is 348 g/mol. The summed E-state index contributed by atoms with van der Waals surface area (Å²) in [6.07, 6.45) is 0.408. The van der Waals surface area contributed by atoms with Gasteiger partial charge in [0.15, 0.2) is 0 Å². The molecule has 0 bridgehead atoms. The second kappa shape index (κ2) is 6.84. The Labute approximate surface area is 141 Å². The third-order valence-corrected chi connectivity index (χ3v) is 3.70. The first-order valence-electron chi connectivity index (χ1n) is 7.60. The Balaban J connectivity index is 1.94. The fraction of sp³-hybridized carbons (Fsp3) is 0.235. The van der Waals surface area contributed by atoms with Crippen LogP contribution in [-0.2, 0) is 4.79 Å². The Bertz CT molecular complexity index is 807. The van der Waals surface area contributed by atoms with Crippen LogP contribution in [0.15, 0.2) is 42.5 Å². The summed E-state index contributed by atoms with van der Waals surface area (Å²) in [4.78, 5) is 22.8. The van der Waals surface area contributed by atoms with Crippen LogP contribution in [0.3, 0.4) is 0 Å². The molecule has 1 aliphatic carbocycles. The van der Waals surface area contributed by atoms with Crippen LogP contribution in [0.5, 0.6) is 5.75 Å². The summed E-state index contributed by atoms with van der Waals surface area (Å²) in [7, 11) is 0. The molecule has 0 aliphatic heterocycles. The fourth-order valence-electron chi connectivity index (χ4n) is 2.28. The summed E-state index contributed by atoms with van der Waals surface area (Å²) >= 11 is 0. The van der Waals surface area contributed by atoms with Gasteiger partial charge in [0.1, 0.15) is 11.6 Å². The molecule has 1 fully saturated rings. The Morgan fingerprint density at radius 3 is 2.40 bits per heavy atom. The van der Waals surface area contributed by atoms with Crippen LogP contribution in [-0.4, -0.2) is 16.9 Å². The second-order valence-electron chi connectivity index (χ2n) is 5.70. The molecule has 8 heteroatoms. The van der Waals surface area contributed by atoms with E-state index < -0.39 is 34.3 Å². The van der Waals surface area contributed by atoms with Crippen LogP contribution in [0, 0.1) is 21.7 Å². The molecule has 1 saturated carbocycles. The fourth-order valence-corrected chi connectivity index (χ4v) is 2.28. The van der Waals surface area contributed by atoms with E-state index in [-0.39, 0.29) is 11.8 Å². The van der Waals surface area contributed by atoms with E-state index in [1.165, 1.54) is 12.1 Å². The molecule has 1 atom stereocenters. The molecular formula is C17H14F2N2O4. The van der Waals surface area contributed by atoms with E-state index in [2.05, 4.69) is 5.32 Å². The summed E-state index contributed by atoms with van der Waals surface area (Å²) in [6.45, 7) is 0. The highest BCUT2D eigenvalue weighted by atomic mass is 19.1. The molecule has 6 nitrogen and oxygen atoms in total. The number of nitro benzene ring substituents is 1. The molecular weight excluding hydrogens is 334 g/mol. The molecule has 2 aromatic carbocycles. The lowest BCUT2D eigenvalue weighted by Gasteiger charge is -2.19. The molecule has 0 aromatic heterocycles. The number of amides is 1. The van der Waals surface area contributed by atoms with E-state index >= 15 is 0 Å². The maximum atomic E-state index is 13.5. The third kappa shape index (κ3) is 4.09.